The number of hydrogen-bond acceptors (Lipinski definition) is 4. The van der Waals surface area contributed by atoms with Gasteiger partial charge in [-0.25, -0.2) is 14.5 Å². The Kier molecular flexibility index (Phi) is 5.49. The van der Waals surface area contributed by atoms with Crippen molar-refractivity contribution in [3.05, 3.63) is 42.0 Å². The molecule has 0 atom stereocenters. The molecule has 0 aliphatic rings. The van der Waals surface area contributed by atoms with Crippen LogP contribution in [0.15, 0.2) is 30.3 Å². The highest BCUT2D eigenvalue weighted by molar-refractivity contribution is 5.85. The van der Waals surface area contributed by atoms with Crippen LogP contribution in [0.4, 0.5) is 0 Å². The first-order valence-electron chi connectivity index (χ1n) is 7.44. The predicted molar refractivity (Wildman–Crippen MR) is 80.5 cm³/mol. The maximum atomic E-state index is 11.8. The summed E-state index contributed by atoms with van der Waals surface area (Å²) in [5.74, 6) is 0.467. The Morgan fingerprint density at radius 3 is 2.62 bits per heavy atom. The van der Waals surface area contributed by atoms with Crippen LogP contribution < -0.4 is 0 Å². The van der Waals surface area contributed by atoms with Gasteiger partial charge in [-0.1, -0.05) is 38.0 Å². The molecule has 0 bridgehead atoms. The number of para-hydroxylation sites is 1. The lowest BCUT2D eigenvalue weighted by Crippen LogP contribution is -2.07. The topological polar surface area (TPSA) is 57.0 Å². The van der Waals surface area contributed by atoms with E-state index in [1.54, 1.807) is 11.6 Å². The van der Waals surface area contributed by atoms with Crippen LogP contribution in [0.1, 0.15) is 49.6 Å². The molecule has 21 heavy (non-hydrogen) atoms. The number of ether oxygens (including phenoxy) is 1. The minimum atomic E-state index is -0.469. The van der Waals surface area contributed by atoms with Crippen molar-refractivity contribution < 1.29 is 9.53 Å². The van der Waals surface area contributed by atoms with Crippen molar-refractivity contribution in [3.8, 4) is 5.69 Å². The third-order valence-electron chi connectivity index (χ3n) is 3.14. The molecule has 112 valence electrons. The summed E-state index contributed by atoms with van der Waals surface area (Å²) >= 11 is 0. The first-order chi connectivity index (χ1) is 10.3. The summed E-state index contributed by atoms with van der Waals surface area (Å²) in [5, 5.41) is 4.31. The number of unbranched alkanes of at least 4 members (excludes halogenated alkanes) is 2. The standard InChI is InChI=1S/C16H21N3O2/c1-3-5-7-12-14-17-15(16(20)21-4-2)18-19(14)13-10-8-6-9-11-13/h6,8-11H,3-5,7,12H2,1-2H3. The van der Waals surface area contributed by atoms with Crippen LogP contribution in [-0.2, 0) is 11.2 Å². The predicted octanol–water partition coefficient (Wildman–Crippen LogP) is 3.18. The monoisotopic (exact) mass is 287 g/mol. The molecule has 1 heterocycles. The van der Waals surface area contributed by atoms with Gasteiger partial charge in [-0.05, 0) is 25.5 Å². The highest BCUT2D eigenvalue weighted by Gasteiger charge is 2.17. The molecule has 0 saturated heterocycles. The van der Waals surface area contributed by atoms with Gasteiger partial charge in [0.2, 0.25) is 0 Å². The van der Waals surface area contributed by atoms with Gasteiger partial charge in [0, 0.05) is 6.42 Å². The van der Waals surface area contributed by atoms with Crippen molar-refractivity contribution in [1.82, 2.24) is 14.8 Å². The maximum Gasteiger partial charge on any atom is 0.378 e. The number of carbonyl (C=O) groups is 1. The van der Waals surface area contributed by atoms with E-state index >= 15 is 0 Å². The fourth-order valence-electron chi connectivity index (χ4n) is 2.10. The molecule has 1 aromatic carbocycles. The number of hydrogen-bond donors (Lipinski definition) is 0. The molecular formula is C16H21N3O2. The second kappa shape index (κ2) is 7.57. The molecule has 5 heteroatoms. The van der Waals surface area contributed by atoms with E-state index in [2.05, 4.69) is 17.0 Å². The molecule has 0 aliphatic carbocycles. The first-order valence-corrected chi connectivity index (χ1v) is 7.44. The lowest BCUT2D eigenvalue weighted by Gasteiger charge is -2.04. The molecule has 0 spiro atoms. The molecule has 2 aromatic rings. The van der Waals surface area contributed by atoms with E-state index in [0.29, 0.717) is 6.61 Å². The Hall–Kier alpha value is -2.17. The molecular weight excluding hydrogens is 266 g/mol. The van der Waals surface area contributed by atoms with Gasteiger partial charge >= 0.3 is 5.97 Å². The van der Waals surface area contributed by atoms with Crippen molar-refractivity contribution in [3.63, 3.8) is 0 Å². The molecule has 0 radical (unpaired) electrons. The maximum absolute atomic E-state index is 11.8. The zero-order chi connectivity index (χ0) is 15.1. The fourth-order valence-corrected chi connectivity index (χ4v) is 2.10. The number of rotatable bonds is 7. The zero-order valence-corrected chi connectivity index (χ0v) is 12.6. The third kappa shape index (κ3) is 3.90. The van der Waals surface area contributed by atoms with Gasteiger partial charge < -0.3 is 4.74 Å². The minimum absolute atomic E-state index is 0.132. The number of benzene rings is 1. The second-order valence-electron chi connectivity index (χ2n) is 4.78. The van der Waals surface area contributed by atoms with Crippen LogP contribution in [0.3, 0.4) is 0 Å². The Morgan fingerprint density at radius 1 is 1.19 bits per heavy atom. The Balaban J connectivity index is 2.29. The molecule has 5 nitrogen and oxygen atoms in total. The van der Waals surface area contributed by atoms with Gasteiger partial charge in [0.25, 0.3) is 5.82 Å². The summed E-state index contributed by atoms with van der Waals surface area (Å²) < 4.78 is 6.72. The average molecular weight is 287 g/mol. The molecule has 0 unspecified atom stereocenters. The highest BCUT2D eigenvalue weighted by Crippen LogP contribution is 2.13. The molecule has 0 aliphatic heterocycles. The van der Waals surface area contributed by atoms with Crippen LogP contribution in [-0.4, -0.2) is 27.3 Å². The van der Waals surface area contributed by atoms with E-state index in [9.17, 15) is 4.79 Å². The molecule has 2 rings (SSSR count). The molecule has 1 aromatic heterocycles. The third-order valence-corrected chi connectivity index (χ3v) is 3.14. The van der Waals surface area contributed by atoms with Gasteiger partial charge in [0.1, 0.15) is 5.82 Å². The minimum Gasteiger partial charge on any atom is -0.460 e. The smallest absolute Gasteiger partial charge is 0.378 e. The quantitative estimate of drug-likeness (QED) is 0.579. The summed E-state index contributed by atoms with van der Waals surface area (Å²) in [7, 11) is 0. The van der Waals surface area contributed by atoms with Crippen LogP contribution in [0.5, 0.6) is 0 Å². The van der Waals surface area contributed by atoms with E-state index in [4.69, 9.17) is 4.74 Å². The zero-order valence-electron chi connectivity index (χ0n) is 12.6. The largest absolute Gasteiger partial charge is 0.460 e. The van der Waals surface area contributed by atoms with Gasteiger partial charge in [-0.3, -0.25) is 0 Å². The first kappa shape index (κ1) is 15.2. The van der Waals surface area contributed by atoms with Crippen LogP contribution in [0, 0.1) is 0 Å². The summed E-state index contributed by atoms with van der Waals surface area (Å²) in [5.41, 5.74) is 0.909. The van der Waals surface area contributed by atoms with E-state index in [1.807, 2.05) is 30.3 Å². The fraction of sp³-hybridized carbons (Fsp3) is 0.438. The van der Waals surface area contributed by atoms with Gasteiger partial charge in [0.15, 0.2) is 0 Å². The number of aryl methyl sites for hydroxylation is 1. The summed E-state index contributed by atoms with van der Waals surface area (Å²) in [6.07, 6.45) is 4.11. The Bertz CT molecular complexity index is 578. The van der Waals surface area contributed by atoms with E-state index in [-0.39, 0.29) is 5.82 Å². The van der Waals surface area contributed by atoms with E-state index < -0.39 is 5.97 Å². The van der Waals surface area contributed by atoms with Crippen molar-refractivity contribution in [2.45, 2.75) is 39.5 Å². The number of carbonyl (C=O) groups excluding carboxylic acids is 1. The van der Waals surface area contributed by atoms with Gasteiger partial charge in [0.05, 0.1) is 12.3 Å². The number of nitrogens with zero attached hydrogens (tertiary/aromatic N) is 3. The number of esters is 1. The van der Waals surface area contributed by atoms with Crippen molar-refractivity contribution >= 4 is 5.97 Å². The molecule has 0 amide bonds. The van der Waals surface area contributed by atoms with Crippen LogP contribution in [0.25, 0.3) is 5.69 Å². The molecule has 0 fully saturated rings. The Labute approximate surface area is 125 Å². The summed E-state index contributed by atoms with van der Waals surface area (Å²) in [6.45, 7) is 4.25. The van der Waals surface area contributed by atoms with Crippen molar-refractivity contribution in [2.24, 2.45) is 0 Å². The SMILES string of the molecule is CCCCCc1nc(C(=O)OCC)nn1-c1ccccc1. The number of aromatic nitrogens is 3. The van der Waals surface area contributed by atoms with E-state index in [0.717, 1.165) is 37.2 Å². The molecule has 0 N–H and O–H groups in total. The van der Waals surface area contributed by atoms with Gasteiger partial charge in [-0.15, -0.1) is 5.10 Å². The van der Waals surface area contributed by atoms with Crippen molar-refractivity contribution in [1.29, 1.82) is 0 Å². The lowest BCUT2D eigenvalue weighted by atomic mass is 10.2. The van der Waals surface area contributed by atoms with E-state index in [1.165, 1.54) is 0 Å². The molecule has 0 saturated carbocycles. The average Bonchev–Trinajstić information content (AvgIpc) is 2.93. The Morgan fingerprint density at radius 2 is 1.95 bits per heavy atom. The van der Waals surface area contributed by atoms with Gasteiger partial charge in [-0.2, -0.15) is 0 Å². The summed E-state index contributed by atoms with van der Waals surface area (Å²) in [6, 6.07) is 9.73. The second-order valence-corrected chi connectivity index (χ2v) is 4.78. The lowest BCUT2D eigenvalue weighted by molar-refractivity contribution is 0.0512. The van der Waals surface area contributed by atoms with Crippen LogP contribution in [0.2, 0.25) is 0 Å². The van der Waals surface area contributed by atoms with Crippen molar-refractivity contribution in [2.75, 3.05) is 6.61 Å². The highest BCUT2D eigenvalue weighted by atomic mass is 16.5. The normalized spacial score (nSPS) is 10.6. The van der Waals surface area contributed by atoms with Crippen LogP contribution >= 0.6 is 0 Å². The summed E-state index contributed by atoms with van der Waals surface area (Å²) in [4.78, 5) is 16.2.